The van der Waals surface area contributed by atoms with Crippen molar-refractivity contribution < 1.29 is 80.2 Å². The van der Waals surface area contributed by atoms with Crippen LogP contribution in [0.15, 0.2) is 0 Å². The summed E-state index contributed by atoms with van der Waals surface area (Å²) < 4.78 is 68.5. The van der Waals surface area contributed by atoms with Gasteiger partial charge in [0, 0.05) is 25.7 Å². The van der Waals surface area contributed by atoms with E-state index in [1.165, 1.54) is 231 Å². The predicted molar refractivity (Wildman–Crippen MR) is 391 cm³/mol. The number of aliphatic hydroxyl groups is 1. The van der Waals surface area contributed by atoms with Crippen LogP contribution in [-0.4, -0.2) is 96.7 Å². The van der Waals surface area contributed by atoms with Gasteiger partial charge < -0.3 is 33.8 Å². The fourth-order valence-corrected chi connectivity index (χ4v) is 13.5. The summed E-state index contributed by atoms with van der Waals surface area (Å²) in [6, 6.07) is 0. The van der Waals surface area contributed by atoms with E-state index in [-0.39, 0.29) is 25.7 Å². The molecule has 0 aliphatic carbocycles. The van der Waals surface area contributed by atoms with E-state index < -0.39 is 97.5 Å². The van der Waals surface area contributed by atoms with E-state index in [0.717, 1.165) is 95.8 Å². The molecule has 0 aromatic rings. The summed E-state index contributed by atoms with van der Waals surface area (Å²) in [5.41, 5.74) is 0. The summed E-state index contributed by atoms with van der Waals surface area (Å²) >= 11 is 0. The molecule has 0 heterocycles. The number of carbonyl (C=O) groups is 4. The Morgan fingerprint density at radius 3 is 0.708 bits per heavy atom. The number of hydrogen-bond donors (Lipinski definition) is 3. The molecule has 0 aromatic carbocycles. The van der Waals surface area contributed by atoms with Gasteiger partial charge in [0.15, 0.2) is 12.2 Å². The normalized spacial score (nSPS) is 13.9. The Hall–Kier alpha value is -1.94. The zero-order valence-electron chi connectivity index (χ0n) is 62.5. The molecule has 0 amide bonds. The van der Waals surface area contributed by atoms with E-state index in [1.54, 1.807) is 0 Å². The van der Waals surface area contributed by atoms with Gasteiger partial charge in [-0.25, -0.2) is 9.13 Å². The molecule has 570 valence electrons. The van der Waals surface area contributed by atoms with Crippen molar-refractivity contribution >= 4 is 39.5 Å². The molecule has 0 bridgehead atoms. The molecule has 0 fully saturated rings. The molecule has 2 unspecified atom stereocenters. The van der Waals surface area contributed by atoms with E-state index in [0.29, 0.717) is 25.7 Å². The summed E-state index contributed by atoms with van der Waals surface area (Å²) in [6.45, 7) is 7.31. The van der Waals surface area contributed by atoms with Crippen LogP contribution in [-0.2, 0) is 65.4 Å². The van der Waals surface area contributed by atoms with E-state index >= 15 is 0 Å². The molecule has 0 rings (SSSR count). The molecule has 0 aromatic heterocycles. The Kier molecular flexibility index (Phi) is 68.7. The lowest BCUT2D eigenvalue weighted by Gasteiger charge is -2.21. The molecule has 0 saturated carbocycles. The first-order valence-corrected chi connectivity index (χ1v) is 43.1. The van der Waals surface area contributed by atoms with Gasteiger partial charge in [0.25, 0.3) is 0 Å². The highest BCUT2D eigenvalue weighted by molar-refractivity contribution is 7.47. The lowest BCUT2D eigenvalue weighted by atomic mass is 10.0. The minimum atomic E-state index is -4.96. The van der Waals surface area contributed by atoms with E-state index in [1.807, 2.05) is 0 Å². The van der Waals surface area contributed by atoms with E-state index in [2.05, 4.69) is 34.6 Å². The van der Waals surface area contributed by atoms with Gasteiger partial charge in [-0.05, 0) is 31.6 Å². The first-order valence-electron chi connectivity index (χ1n) is 40.1. The second-order valence-electron chi connectivity index (χ2n) is 28.2. The van der Waals surface area contributed by atoms with Crippen molar-refractivity contribution in [2.24, 2.45) is 5.92 Å². The highest BCUT2D eigenvalue weighted by Gasteiger charge is 2.30. The second kappa shape index (κ2) is 70.1. The van der Waals surface area contributed by atoms with Crippen molar-refractivity contribution in [2.75, 3.05) is 39.6 Å². The SMILES string of the molecule is CCCCCCCCCCCCCCCCCCCCCC(=O)O[C@H](COC(=O)CCCCCCCCCCCCCCCC(C)C)COP(=O)(O)OC[C@@H](O)COP(=O)(O)OC[C@@H](COC(=O)CCCCCCCCCCCC)OC(=O)CCCCCCCCCCCCC. The van der Waals surface area contributed by atoms with E-state index in [4.69, 9.17) is 37.0 Å². The number of hydrogen-bond acceptors (Lipinski definition) is 15. The average Bonchev–Trinajstić information content (AvgIpc) is 1.54. The first-order chi connectivity index (χ1) is 46.5. The number of esters is 4. The Balaban J connectivity index is 5.22. The minimum absolute atomic E-state index is 0.107. The molecule has 0 radical (unpaired) electrons. The minimum Gasteiger partial charge on any atom is -0.462 e. The van der Waals surface area contributed by atoms with Crippen LogP contribution in [0.5, 0.6) is 0 Å². The van der Waals surface area contributed by atoms with Crippen LogP contribution in [0, 0.1) is 5.92 Å². The Bertz CT molecular complexity index is 1840. The van der Waals surface area contributed by atoms with Crippen molar-refractivity contribution in [2.45, 2.75) is 425 Å². The third-order valence-electron chi connectivity index (χ3n) is 18.0. The van der Waals surface area contributed by atoms with E-state index in [9.17, 15) is 43.2 Å². The van der Waals surface area contributed by atoms with Crippen LogP contribution in [0.3, 0.4) is 0 Å². The maximum absolute atomic E-state index is 13.1. The number of phosphoric acid groups is 2. The first kappa shape index (κ1) is 94.1. The molecule has 5 atom stereocenters. The van der Waals surface area contributed by atoms with Crippen LogP contribution < -0.4 is 0 Å². The number of unbranched alkanes of at least 4 members (excludes halogenated alkanes) is 49. The highest BCUT2D eigenvalue weighted by atomic mass is 31.2. The van der Waals surface area contributed by atoms with Gasteiger partial charge in [0.1, 0.15) is 19.3 Å². The standard InChI is InChI=1S/C77H150O17P2/c1-6-9-12-15-18-21-24-25-26-27-28-29-30-33-38-43-48-53-58-63-77(82)94-73(67-88-75(80)61-56-51-46-41-37-34-31-32-36-39-44-49-54-59-70(4)5)69-92-96(85,86)90-65-71(78)64-89-95(83,84)91-68-72(66-87-74(79)60-55-50-45-40-23-20-17-14-11-8-3)93-76(81)62-57-52-47-42-35-22-19-16-13-10-7-2/h70-73,78H,6-69H2,1-5H3,(H,83,84)(H,85,86)/t71-,72+,73+/m0/s1. The van der Waals surface area contributed by atoms with Gasteiger partial charge in [-0.1, -0.05) is 356 Å². The number of carbonyl (C=O) groups excluding carboxylic acids is 4. The third-order valence-corrected chi connectivity index (χ3v) is 19.9. The molecule has 3 N–H and O–H groups in total. The number of phosphoric ester groups is 2. The van der Waals surface area contributed by atoms with Gasteiger partial charge in [0.2, 0.25) is 0 Å². The topological polar surface area (TPSA) is 237 Å². The molecule has 96 heavy (non-hydrogen) atoms. The Morgan fingerprint density at radius 1 is 0.281 bits per heavy atom. The van der Waals surface area contributed by atoms with Gasteiger partial charge in [0.05, 0.1) is 26.4 Å². The van der Waals surface area contributed by atoms with Gasteiger partial charge in [-0.3, -0.25) is 37.3 Å². The number of ether oxygens (including phenoxy) is 4. The summed E-state index contributed by atoms with van der Waals surface area (Å²) in [5, 5.41) is 10.6. The zero-order valence-corrected chi connectivity index (χ0v) is 64.3. The lowest BCUT2D eigenvalue weighted by Crippen LogP contribution is -2.30. The Labute approximate surface area is 588 Å². The molecule has 0 aliphatic heterocycles. The highest BCUT2D eigenvalue weighted by Crippen LogP contribution is 2.45. The maximum atomic E-state index is 13.1. The molecular formula is C77H150O17P2. The largest absolute Gasteiger partial charge is 0.472 e. The average molecular weight is 1410 g/mol. The van der Waals surface area contributed by atoms with Gasteiger partial charge in [-0.15, -0.1) is 0 Å². The Morgan fingerprint density at radius 2 is 0.479 bits per heavy atom. The van der Waals surface area contributed by atoms with Gasteiger partial charge >= 0.3 is 39.5 Å². The smallest absolute Gasteiger partial charge is 0.462 e. The second-order valence-corrected chi connectivity index (χ2v) is 31.1. The summed E-state index contributed by atoms with van der Waals surface area (Å²) in [7, 11) is -9.91. The monoisotopic (exact) mass is 1410 g/mol. The maximum Gasteiger partial charge on any atom is 0.472 e. The molecule has 0 aliphatic rings. The molecular weight excluding hydrogens is 1260 g/mol. The molecule has 17 nitrogen and oxygen atoms in total. The van der Waals surface area contributed by atoms with Crippen molar-refractivity contribution in [1.82, 2.24) is 0 Å². The van der Waals surface area contributed by atoms with Crippen LogP contribution in [0.25, 0.3) is 0 Å². The van der Waals surface area contributed by atoms with Crippen LogP contribution in [0.4, 0.5) is 0 Å². The molecule has 19 heteroatoms. The van der Waals surface area contributed by atoms with Crippen LogP contribution in [0.2, 0.25) is 0 Å². The third kappa shape index (κ3) is 70.5. The fourth-order valence-electron chi connectivity index (χ4n) is 11.9. The van der Waals surface area contributed by atoms with Crippen molar-refractivity contribution in [3.05, 3.63) is 0 Å². The molecule has 0 saturated heterocycles. The predicted octanol–water partition coefficient (Wildman–Crippen LogP) is 22.9. The van der Waals surface area contributed by atoms with Crippen LogP contribution >= 0.6 is 15.6 Å². The summed E-state index contributed by atoms with van der Waals surface area (Å²) in [5.74, 6) is -1.32. The number of rotatable bonds is 77. The lowest BCUT2D eigenvalue weighted by molar-refractivity contribution is -0.161. The summed E-state index contributed by atoms with van der Waals surface area (Å²) in [6.07, 6.45) is 59.6. The fraction of sp³-hybridized carbons (Fsp3) is 0.948. The molecule has 0 spiro atoms. The number of aliphatic hydroxyl groups excluding tert-OH is 1. The quantitative estimate of drug-likeness (QED) is 0.0222. The van der Waals surface area contributed by atoms with Crippen molar-refractivity contribution in [3.63, 3.8) is 0 Å². The summed E-state index contributed by atoms with van der Waals surface area (Å²) in [4.78, 5) is 72.8. The van der Waals surface area contributed by atoms with Gasteiger partial charge in [-0.2, -0.15) is 0 Å². The van der Waals surface area contributed by atoms with Crippen molar-refractivity contribution in [3.8, 4) is 0 Å². The van der Waals surface area contributed by atoms with Crippen LogP contribution in [0.1, 0.15) is 407 Å². The zero-order chi connectivity index (χ0) is 70.5. The van der Waals surface area contributed by atoms with Crippen molar-refractivity contribution in [1.29, 1.82) is 0 Å².